The van der Waals surface area contributed by atoms with Gasteiger partial charge in [-0.25, -0.2) is 27.5 Å². The Labute approximate surface area is 163 Å². The molecule has 2 heterocycles. The Hall–Kier alpha value is -1.98. The lowest BCUT2D eigenvalue weighted by molar-refractivity contribution is -0.141. The number of hydrogen-bond donors (Lipinski definition) is 1. The van der Waals surface area contributed by atoms with Crippen molar-refractivity contribution in [3.05, 3.63) is 47.1 Å². The van der Waals surface area contributed by atoms with Crippen LogP contribution in [0.5, 0.6) is 0 Å². The predicted octanol–water partition coefficient (Wildman–Crippen LogP) is 3.24. The summed E-state index contributed by atoms with van der Waals surface area (Å²) < 4.78 is 78.9. The van der Waals surface area contributed by atoms with Crippen LogP contribution in [0.25, 0.3) is 0 Å². The molecule has 152 valence electrons. The highest BCUT2D eigenvalue weighted by atomic mass is 35.5. The van der Waals surface area contributed by atoms with Crippen molar-refractivity contribution in [3.8, 4) is 0 Å². The first-order valence-electron chi connectivity index (χ1n) is 8.18. The van der Waals surface area contributed by atoms with Crippen molar-refractivity contribution in [2.75, 3.05) is 18.0 Å². The molecule has 0 unspecified atom stereocenters. The highest BCUT2D eigenvalue weighted by Gasteiger charge is 2.34. The second-order valence-corrected chi connectivity index (χ2v) is 8.34. The first-order chi connectivity index (χ1) is 13.1. The Morgan fingerprint density at radius 3 is 2.43 bits per heavy atom. The van der Waals surface area contributed by atoms with Crippen molar-refractivity contribution in [1.29, 1.82) is 0 Å². The summed E-state index contributed by atoms with van der Waals surface area (Å²) in [6.45, 7) is 0.622. The Kier molecular flexibility index (Phi) is 5.78. The summed E-state index contributed by atoms with van der Waals surface area (Å²) in [5, 5.41) is -0.304. The molecule has 1 fully saturated rings. The molecule has 2 aromatic rings. The summed E-state index contributed by atoms with van der Waals surface area (Å²) in [5.74, 6) is -0.592. The number of aromatic nitrogens is 2. The van der Waals surface area contributed by atoms with Crippen LogP contribution in [-0.4, -0.2) is 37.5 Å². The van der Waals surface area contributed by atoms with E-state index in [-0.39, 0.29) is 15.7 Å². The number of piperidine rings is 1. The van der Waals surface area contributed by atoms with Crippen molar-refractivity contribution in [2.45, 2.75) is 30.0 Å². The Bertz CT molecular complexity index is 963. The molecule has 0 amide bonds. The molecule has 1 aliphatic heterocycles. The minimum Gasteiger partial charge on any atom is -0.356 e. The molecular weight excluding hydrogens is 424 g/mol. The van der Waals surface area contributed by atoms with Gasteiger partial charge in [0.05, 0.1) is 9.92 Å². The van der Waals surface area contributed by atoms with Gasteiger partial charge in [-0.2, -0.15) is 13.2 Å². The molecule has 3 rings (SSSR count). The summed E-state index contributed by atoms with van der Waals surface area (Å²) >= 11 is 5.63. The fourth-order valence-electron chi connectivity index (χ4n) is 2.83. The summed E-state index contributed by atoms with van der Waals surface area (Å²) in [4.78, 5) is 8.57. The van der Waals surface area contributed by atoms with Gasteiger partial charge in [0.1, 0.15) is 23.7 Å². The quantitative estimate of drug-likeness (QED) is 0.742. The number of anilines is 1. The number of benzene rings is 1. The molecule has 0 saturated carbocycles. The number of nitrogens with zero attached hydrogens (tertiary/aromatic N) is 3. The van der Waals surface area contributed by atoms with E-state index < -0.39 is 33.8 Å². The molecule has 1 N–H and O–H groups in total. The van der Waals surface area contributed by atoms with E-state index in [0.717, 1.165) is 30.6 Å². The van der Waals surface area contributed by atoms with Gasteiger partial charge in [-0.3, -0.25) is 0 Å². The first kappa shape index (κ1) is 20.7. The van der Waals surface area contributed by atoms with E-state index in [2.05, 4.69) is 14.7 Å². The first-order valence-corrected chi connectivity index (χ1v) is 10.0. The standard InChI is InChI=1S/C16H15ClF4N4O2S/c17-12-7-11(1-2-13(12)18)28(26,27)24-10-3-5-25(6-4-10)15-8-14(16(19,20)21)22-9-23-15/h1-2,7-10,24H,3-6H2. The van der Waals surface area contributed by atoms with Crippen LogP contribution in [0, 0.1) is 5.82 Å². The van der Waals surface area contributed by atoms with Gasteiger partial charge in [0.25, 0.3) is 0 Å². The predicted molar refractivity (Wildman–Crippen MR) is 94.0 cm³/mol. The number of halogens is 5. The van der Waals surface area contributed by atoms with E-state index in [0.29, 0.717) is 25.9 Å². The molecule has 1 aromatic carbocycles. The normalized spacial score (nSPS) is 16.4. The van der Waals surface area contributed by atoms with Crippen molar-refractivity contribution in [1.82, 2.24) is 14.7 Å². The van der Waals surface area contributed by atoms with Crippen molar-refractivity contribution in [2.24, 2.45) is 0 Å². The van der Waals surface area contributed by atoms with Gasteiger partial charge in [-0.15, -0.1) is 0 Å². The molecule has 0 bridgehead atoms. The third kappa shape index (κ3) is 4.70. The van der Waals surface area contributed by atoms with Gasteiger partial charge in [-0.1, -0.05) is 11.6 Å². The lowest BCUT2D eigenvalue weighted by Gasteiger charge is -2.33. The van der Waals surface area contributed by atoms with Crippen molar-refractivity contribution >= 4 is 27.4 Å². The van der Waals surface area contributed by atoms with E-state index in [1.165, 1.54) is 0 Å². The number of nitrogens with one attached hydrogen (secondary N) is 1. The fourth-order valence-corrected chi connectivity index (χ4v) is 4.41. The molecule has 6 nitrogen and oxygen atoms in total. The van der Waals surface area contributed by atoms with Crippen LogP contribution >= 0.6 is 11.6 Å². The van der Waals surface area contributed by atoms with Crippen LogP contribution < -0.4 is 9.62 Å². The van der Waals surface area contributed by atoms with Crippen molar-refractivity contribution < 1.29 is 26.0 Å². The molecular formula is C16H15ClF4N4O2S. The minimum atomic E-state index is -4.57. The minimum absolute atomic E-state index is 0.133. The van der Waals surface area contributed by atoms with E-state index >= 15 is 0 Å². The van der Waals surface area contributed by atoms with Crippen molar-refractivity contribution in [3.63, 3.8) is 0 Å². The molecule has 1 aromatic heterocycles. The zero-order valence-corrected chi connectivity index (χ0v) is 15.8. The van der Waals surface area contributed by atoms with Crippen LogP contribution in [0.1, 0.15) is 18.5 Å². The highest BCUT2D eigenvalue weighted by Crippen LogP contribution is 2.29. The summed E-state index contributed by atoms with van der Waals surface area (Å²) in [5.41, 5.74) is -1.03. The third-order valence-electron chi connectivity index (χ3n) is 4.29. The Morgan fingerprint density at radius 2 is 1.82 bits per heavy atom. The maximum Gasteiger partial charge on any atom is 0.433 e. The van der Waals surface area contributed by atoms with Crippen LogP contribution in [0.2, 0.25) is 5.02 Å². The van der Waals surface area contributed by atoms with Crippen LogP contribution in [-0.2, 0) is 16.2 Å². The fraction of sp³-hybridized carbons (Fsp3) is 0.375. The molecule has 0 spiro atoms. The van der Waals surface area contributed by atoms with Crippen LogP contribution in [0.4, 0.5) is 23.4 Å². The average Bonchev–Trinajstić information content (AvgIpc) is 2.63. The summed E-state index contributed by atoms with van der Waals surface area (Å²) in [6.07, 6.45) is -2.99. The molecule has 0 aliphatic carbocycles. The largest absolute Gasteiger partial charge is 0.433 e. The zero-order valence-electron chi connectivity index (χ0n) is 14.2. The van der Waals surface area contributed by atoms with Gasteiger partial charge < -0.3 is 4.90 Å². The highest BCUT2D eigenvalue weighted by molar-refractivity contribution is 7.89. The SMILES string of the molecule is O=S(=O)(NC1CCN(c2cc(C(F)(F)F)ncn2)CC1)c1ccc(F)c(Cl)c1. The topological polar surface area (TPSA) is 75.2 Å². The molecule has 28 heavy (non-hydrogen) atoms. The van der Waals surface area contributed by atoms with Crippen LogP contribution in [0.15, 0.2) is 35.5 Å². The maximum absolute atomic E-state index is 13.2. The summed E-state index contributed by atoms with van der Waals surface area (Å²) in [6, 6.07) is 3.54. The number of sulfonamides is 1. The Balaban J connectivity index is 1.65. The molecule has 1 aliphatic rings. The molecule has 0 radical (unpaired) electrons. The third-order valence-corrected chi connectivity index (χ3v) is 6.09. The zero-order chi connectivity index (χ0) is 20.5. The van der Waals surface area contributed by atoms with Gasteiger partial charge in [-0.05, 0) is 31.0 Å². The second-order valence-electron chi connectivity index (χ2n) is 6.22. The number of rotatable bonds is 4. The van der Waals surface area contributed by atoms with Gasteiger partial charge in [0.2, 0.25) is 10.0 Å². The molecule has 1 saturated heterocycles. The molecule has 12 heteroatoms. The number of alkyl halides is 3. The maximum atomic E-state index is 13.2. The lowest BCUT2D eigenvalue weighted by atomic mass is 10.1. The van der Waals surface area contributed by atoms with Gasteiger partial charge in [0, 0.05) is 25.2 Å². The smallest absolute Gasteiger partial charge is 0.356 e. The molecule has 0 atom stereocenters. The van der Waals surface area contributed by atoms with E-state index in [9.17, 15) is 26.0 Å². The van der Waals surface area contributed by atoms with E-state index in [1.54, 1.807) is 4.90 Å². The van der Waals surface area contributed by atoms with E-state index in [4.69, 9.17) is 11.6 Å². The second kappa shape index (κ2) is 7.80. The average molecular weight is 439 g/mol. The Morgan fingerprint density at radius 1 is 1.14 bits per heavy atom. The monoisotopic (exact) mass is 438 g/mol. The van der Waals surface area contributed by atoms with Gasteiger partial charge in [0.15, 0.2) is 0 Å². The summed E-state index contributed by atoms with van der Waals surface area (Å²) in [7, 11) is -3.90. The van der Waals surface area contributed by atoms with E-state index in [1.807, 2.05) is 0 Å². The van der Waals surface area contributed by atoms with Gasteiger partial charge >= 0.3 is 6.18 Å². The van der Waals surface area contributed by atoms with Crippen LogP contribution in [0.3, 0.4) is 0 Å². The lowest BCUT2D eigenvalue weighted by Crippen LogP contribution is -2.45. The number of hydrogen-bond acceptors (Lipinski definition) is 5.